The number of thiophene rings is 1. The first-order valence-corrected chi connectivity index (χ1v) is 26.6. The molecule has 0 amide bonds. The molecule has 3 aliphatic rings. The molecule has 0 unspecified atom stereocenters. The Kier molecular flexibility index (Phi) is 9.01. The van der Waals surface area contributed by atoms with Crippen LogP contribution in [0.5, 0.6) is 0 Å². The topological polar surface area (TPSA) is 32.2 Å². The third kappa shape index (κ3) is 6.40. The molecule has 1 radical (unpaired) electrons. The van der Waals surface area contributed by atoms with Gasteiger partial charge >= 0.3 is 0 Å². The molecule has 1 N–H and O–H groups in total. The zero-order valence-corrected chi connectivity index (χ0v) is 42.9. The van der Waals surface area contributed by atoms with E-state index in [-0.39, 0.29) is 21.7 Å². The van der Waals surface area contributed by atoms with Crippen molar-refractivity contribution in [3.05, 3.63) is 174 Å². The zero-order chi connectivity index (χ0) is 48.3. The van der Waals surface area contributed by atoms with Gasteiger partial charge in [0.15, 0.2) is 12.9 Å². The number of nitrogens with one attached hydrogen (secondary N) is 1. The van der Waals surface area contributed by atoms with Crippen molar-refractivity contribution in [3.63, 3.8) is 0 Å². The number of fused-ring (bicyclic) bond motifs is 13. The molecule has 2 aliphatic carbocycles. The number of H-pyrrole nitrogens is 1. The van der Waals surface area contributed by atoms with E-state index in [1.807, 2.05) is 11.3 Å². The molecule has 0 fully saturated rings. The second kappa shape index (κ2) is 14.9. The van der Waals surface area contributed by atoms with Gasteiger partial charge in [-0.3, -0.25) is 0 Å². The van der Waals surface area contributed by atoms with Crippen molar-refractivity contribution in [3.8, 4) is 33.4 Å². The molecule has 11 aromatic rings. The number of anilines is 3. The van der Waals surface area contributed by atoms with Crippen LogP contribution in [0.2, 0.25) is 0 Å². The number of hydrogen-bond donors (Lipinski definition) is 1. The molecular formula is C66H58BN2OS. The van der Waals surface area contributed by atoms with Gasteiger partial charge in [-0.25, -0.2) is 0 Å². The summed E-state index contributed by atoms with van der Waals surface area (Å²) >= 11 is 1.88. The lowest BCUT2D eigenvalue weighted by Crippen LogP contribution is -2.41. The van der Waals surface area contributed by atoms with E-state index in [1.54, 1.807) is 0 Å². The van der Waals surface area contributed by atoms with Gasteiger partial charge in [0.2, 0.25) is 0 Å². The Balaban J connectivity index is 0.998. The van der Waals surface area contributed by atoms with Gasteiger partial charge in [-0.15, -0.1) is 11.3 Å². The Morgan fingerprint density at radius 3 is 1.77 bits per heavy atom. The molecule has 0 bridgehead atoms. The molecule has 1 aliphatic heterocycles. The van der Waals surface area contributed by atoms with Crippen LogP contribution < -0.4 is 15.8 Å². The van der Waals surface area contributed by atoms with E-state index in [0.29, 0.717) is 0 Å². The number of hydrogen-bond acceptors (Lipinski definition) is 3. The van der Waals surface area contributed by atoms with E-state index in [2.05, 4.69) is 224 Å². The maximum absolute atomic E-state index is 7.08. The number of para-hydroxylation sites is 2. The fourth-order valence-electron chi connectivity index (χ4n) is 13.0. The van der Waals surface area contributed by atoms with Crippen LogP contribution in [0.4, 0.5) is 17.1 Å². The van der Waals surface area contributed by atoms with Crippen LogP contribution in [0.3, 0.4) is 0 Å². The molecule has 347 valence electrons. The standard InChI is InChI=1S/C66H58BN2OS/c1-63(2)30-32-65(5,6)51-34-39(22-27-49(51)63)38-20-25-42(26-21-38)69-54-29-24-41(40-23-28-50-52(35-40)66(7,8)33-31-64(50,3)4)36-53(54)67-57-47(37-48-43-14-9-11-18-55(43)70-61(48)60(57)69)44-16-13-17-46-58(44)68-59-45-15-10-12-19-56(45)71-62(46)59/h9-29,34-37,68H,30-33H2,1-8H3. The fraction of sp³-hybridized carbons (Fsp3) is 0.242. The molecule has 3 aromatic heterocycles. The zero-order valence-electron chi connectivity index (χ0n) is 42.1. The van der Waals surface area contributed by atoms with E-state index in [0.717, 1.165) is 50.0 Å². The SMILES string of the molecule is CC1(C)CCC(C)(C)c2cc(-c3ccc(N4c5ccc(-c6ccc7c(c6)C(C)(C)CCC7(C)C)cc5[B]c5c(-c6cccc7c6[nH]c6c8ccccc8sc76)cc6c(oc7ccccc76)c54)cc3)ccc21. The molecule has 0 atom stereocenters. The summed E-state index contributed by atoms with van der Waals surface area (Å²) in [5.41, 5.74) is 23.6. The minimum atomic E-state index is 0.113. The maximum atomic E-state index is 7.08. The lowest BCUT2D eigenvalue weighted by Gasteiger charge is -2.42. The second-order valence-electron chi connectivity index (χ2n) is 23.7. The molecular weight excluding hydrogens is 880 g/mol. The minimum absolute atomic E-state index is 0.113. The van der Waals surface area contributed by atoms with Crippen LogP contribution in [0.15, 0.2) is 156 Å². The molecule has 0 saturated carbocycles. The highest BCUT2D eigenvalue weighted by atomic mass is 32.1. The molecule has 71 heavy (non-hydrogen) atoms. The number of nitrogens with zero attached hydrogens (tertiary/aromatic N) is 1. The van der Waals surface area contributed by atoms with Crippen LogP contribution in [-0.4, -0.2) is 12.3 Å². The molecule has 3 nitrogen and oxygen atoms in total. The van der Waals surface area contributed by atoms with Crippen LogP contribution in [0, 0.1) is 0 Å². The molecule has 8 aromatic carbocycles. The van der Waals surface area contributed by atoms with Gasteiger partial charge in [0.25, 0.3) is 0 Å². The normalized spacial score (nSPS) is 17.3. The summed E-state index contributed by atoms with van der Waals surface area (Å²) in [6.07, 6.45) is 4.78. The Morgan fingerprint density at radius 1 is 0.493 bits per heavy atom. The van der Waals surface area contributed by atoms with Crippen LogP contribution in [0.25, 0.3) is 86.5 Å². The largest absolute Gasteiger partial charge is 0.454 e. The van der Waals surface area contributed by atoms with Crippen LogP contribution >= 0.6 is 11.3 Å². The molecule has 5 heteroatoms. The highest BCUT2D eigenvalue weighted by Crippen LogP contribution is 2.51. The summed E-state index contributed by atoms with van der Waals surface area (Å²) in [6.45, 7) is 19.3. The summed E-state index contributed by atoms with van der Waals surface area (Å²) in [5.74, 6) is 0. The monoisotopic (exact) mass is 937 g/mol. The number of rotatable bonds is 4. The second-order valence-corrected chi connectivity index (χ2v) is 24.7. The van der Waals surface area contributed by atoms with Gasteiger partial charge < -0.3 is 14.3 Å². The Hall–Kier alpha value is -6.82. The Morgan fingerprint density at radius 2 is 1.07 bits per heavy atom. The number of furan rings is 1. The van der Waals surface area contributed by atoms with Crippen LogP contribution in [0.1, 0.15) is 103 Å². The van der Waals surface area contributed by atoms with Crippen molar-refractivity contribution in [1.29, 1.82) is 0 Å². The quantitative estimate of drug-likeness (QED) is 0.178. The van der Waals surface area contributed by atoms with Gasteiger partial charge in [-0.05, 0) is 139 Å². The number of aromatic nitrogens is 1. The lowest BCUT2D eigenvalue weighted by molar-refractivity contribution is 0.332. The predicted octanol–water partition coefficient (Wildman–Crippen LogP) is 17.6. The summed E-state index contributed by atoms with van der Waals surface area (Å²) < 4.78 is 9.68. The lowest BCUT2D eigenvalue weighted by atomic mass is 9.57. The van der Waals surface area contributed by atoms with Gasteiger partial charge in [0, 0.05) is 43.2 Å². The van der Waals surface area contributed by atoms with Crippen molar-refractivity contribution in [2.45, 2.75) is 103 Å². The molecule has 14 rings (SSSR count). The van der Waals surface area contributed by atoms with Gasteiger partial charge in [-0.2, -0.15) is 0 Å². The smallest absolute Gasteiger partial charge is 0.198 e. The van der Waals surface area contributed by atoms with Crippen molar-refractivity contribution in [2.75, 3.05) is 4.90 Å². The Bertz CT molecular complexity index is 4040. The van der Waals surface area contributed by atoms with E-state index < -0.39 is 0 Å². The average Bonchev–Trinajstić information content (AvgIpc) is 4.06. The predicted molar refractivity (Wildman–Crippen MR) is 305 cm³/mol. The minimum Gasteiger partial charge on any atom is -0.454 e. The van der Waals surface area contributed by atoms with Gasteiger partial charge in [0.1, 0.15) is 5.58 Å². The highest BCUT2D eigenvalue weighted by molar-refractivity contribution is 7.26. The van der Waals surface area contributed by atoms with Crippen molar-refractivity contribution < 1.29 is 4.42 Å². The van der Waals surface area contributed by atoms with E-state index in [4.69, 9.17) is 4.42 Å². The highest BCUT2D eigenvalue weighted by Gasteiger charge is 2.39. The summed E-state index contributed by atoms with van der Waals surface area (Å²) in [7, 11) is 2.45. The van der Waals surface area contributed by atoms with Gasteiger partial charge in [-0.1, -0.05) is 176 Å². The summed E-state index contributed by atoms with van der Waals surface area (Å²) in [5, 5.41) is 4.75. The summed E-state index contributed by atoms with van der Waals surface area (Å²) in [4.78, 5) is 6.48. The van der Waals surface area contributed by atoms with Gasteiger partial charge in [0.05, 0.1) is 21.4 Å². The number of benzene rings is 8. The Labute approximate surface area is 421 Å². The van der Waals surface area contributed by atoms with E-state index in [1.165, 1.54) is 112 Å². The maximum Gasteiger partial charge on any atom is 0.198 e. The molecule has 0 saturated heterocycles. The summed E-state index contributed by atoms with van der Waals surface area (Å²) in [6, 6.07) is 57.5. The van der Waals surface area contributed by atoms with Crippen molar-refractivity contribution in [2.24, 2.45) is 0 Å². The average molecular weight is 938 g/mol. The number of aromatic amines is 1. The fourth-order valence-corrected chi connectivity index (χ4v) is 14.2. The third-order valence-corrected chi connectivity index (χ3v) is 18.6. The first-order valence-electron chi connectivity index (χ1n) is 25.7. The van der Waals surface area contributed by atoms with E-state index in [9.17, 15) is 0 Å². The molecule has 0 spiro atoms. The van der Waals surface area contributed by atoms with Crippen LogP contribution in [-0.2, 0) is 21.7 Å². The molecule has 4 heterocycles. The van der Waals surface area contributed by atoms with Crippen molar-refractivity contribution in [1.82, 2.24) is 4.98 Å². The van der Waals surface area contributed by atoms with E-state index >= 15 is 0 Å². The first kappa shape index (κ1) is 43.0. The third-order valence-electron chi connectivity index (χ3n) is 17.4. The van der Waals surface area contributed by atoms with Crippen molar-refractivity contribution >= 4 is 99.7 Å². The first-order chi connectivity index (χ1) is 34.1.